The Balaban J connectivity index is 1.90. The third kappa shape index (κ3) is 2.60. The summed E-state index contributed by atoms with van der Waals surface area (Å²) in [5.41, 5.74) is 0.0674. The maximum Gasteiger partial charge on any atom is 0.123 e. The second kappa shape index (κ2) is 5.76. The van der Waals surface area contributed by atoms with E-state index in [4.69, 9.17) is 0 Å². The van der Waals surface area contributed by atoms with Crippen LogP contribution >= 0.6 is 11.3 Å². The van der Waals surface area contributed by atoms with E-state index in [-0.39, 0.29) is 11.4 Å². The van der Waals surface area contributed by atoms with Gasteiger partial charge in [0, 0.05) is 10.4 Å². The second-order valence-electron chi connectivity index (χ2n) is 6.45. The first kappa shape index (κ1) is 15.7. The van der Waals surface area contributed by atoms with Crippen molar-refractivity contribution in [1.29, 1.82) is 0 Å². The van der Waals surface area contributed by atoms with Gasteiger partial charge in [0.2, 0.25) is 0 Å². The van der Waals surface area contributed by atoms with Crippen molar-refractivity contribution in [2.45, 2.75) is 36.8 Å². The first-order valence-electron chi connectivity index (χ1n) is 7.66. The number of benzene rings is 1. The van der Waals surface area contributed by atoms with Crippen LogP contribution in [0.25, 0.3) is 0 Å². The van der Waals surface area contributed by atoms with Gasteiger partial charge >= 0.3 is 0 Å². The lowest BCUT2D eigenvalue weighted by atomic mass is 9.69. The van der Waals surface area contributed by atoms with Crippen LogP contribution in [0, 0.1) is 5.82 Å². The van der Waals surface area contributed by atoms with Crippen molar-refractivity contribution >= 4 is 11.3 Å². The molecule has 0 amide bonds. The van der Waals surface area contributed by atoms with Gasteiger partial charge in [0.05, 0.1) is 5.60 Å². The molecule has 0 aliphatic heterocycles. The van der Waals surface area contributed by atoms with Gasteiger partial charge in [-0.2, -0.15) is 0 Å². The highest BCUT2D eigenvalue weighted by molar-refractivity contribution is 7.10. The lowest BCUT2D eigenvalue weighted by Crippen LogP contribution is -2.47. The summed E-state index contributed by atoms with van der Waals surface area (Å²) in [4.78, 5) is 3.22. The lowest BCUT2D eigenvalue weighted by Gasteiger charge is -2.48. The molecule has 0 spiro atoms. The summed E-state index contributed by atoms with van der Waals surface area (Å²) >= 11 is 1.61. The zero-order chi connectivity index (χ0) is 15.8. The van der Waals surface area contributed by atoms with Gasteiger partial charge in [-0.3, -0.25) is 4.90 Å². The van der Waals surface area contributed by atoms with Gasteiger partial charge in [0.25, 0.3) is 0 Å². The highest BCUT2D eigenvalue weighted by Gasteiger charge is 2.45. The van der Waals surface area contributed by atoms with Gasteiger partial charge in [0.15, 0.2) is 0 Å². The van der Waals surface area contributed by atoms with Crippen LogP contribution in [0.4, 0.5) is 4.39 Å². The van der Waals surface area contributed by atoms with Crippen molar-refractivity contribution in [2.24, 2.45) is 0 Å². The molecule has 1 aliphatic rings. The van der Waals surface area contributed by atoms with Crippen molar-refractivity contribution in [3.05, 3.63) is 58.0 Å². The molecular formula is C18H22FNOS. The van der Waals surface area contributed by atoms with E-state index >= 15 is 0 Å². The molecule has 1 saturated carbocycles. The topological polar surface area (TPSA) is 23.5 Å². The monoisotopic (exact) mass is 319 g/mol. The van der Waals surface area contributed by atoms with E-state index < -0.39 is 5.60 Å². The number of rotatable bonds is 3. The van der Waals surface area contributed by atoms with Crippen LogP contribution in [-0.2, 0) is 11.1 Å². The van der Waals surface area contributed by atoms with Crippen LogP contribution in [0.1, 0.15) is 36.1 Å². The first-order valence-corrected chi connectivity index (χ1v) is 8.54. The molecule has 1 fully saturated rings. The molecule has 0 atom stereocenters. The summed E-state index contributed by atoms with van der Waals surface area (Å²) in [6.07, 6.45) is 3.03. The predicted octanol–water partition coefficient (Wildman–Crippen LogP) is 4.11. The normalized spacial score (nSPS) is 29.0. The van der Waals surface area contributed by atoms with E-state index in [1.807, 2.05) is 37.7 Å². The summed E-state index contributed by atoms with van der Waals surface area (Å²) in [6.45, 7) is 0. The number of thiophene rings is 1. The third-order valence-corrected chi connectivity index (χ3v) is 6.17. The summed E-state index contributed by atoms with van der Waals surface area (Å²) in [5, 5.41) is 13.0. The van der Waals surface area contributed by atoms with Crippen molar-refractivity contribution in [2.75, 3.05) is 14.1 Å². The fraction of sp³-hybridized carbons (Fsp3) is 0.444. The number of aliphatic hydroxyl groups is 1. The second-order valence-corrected chi connectivity index (χ2v) is 7.39. The Morgan fingerprint density at radius 1 is 1.09 bits per heavy atom. The van der Waals surface area contributed by atoms with Crippen molar-refractivity contribution in [3.8, 4) is 0 Å². The molecule has 2 aromatic rings. The molecule has 2 nitrogen and oxygen atoms in total. The van der Waals surface area contributed by atoms with Crippen molar-refractivity contribution in [1.82, 2.24) is 4.90 Å². The Hall–Kier alpha value is -1.23. The average molecular weight is 319 g/mol. The largest absolute Gasteiger partial charge is 0.384 e. The minimum atomic E-state index is -0.735. The molecule has 0 unspecified atom stereocenters. The standard InChI is InChI=1S/C18H22FNOS/c1-20(2)17(14-5-3-6-15(19)13-14)8-10-18(21,11-9-17)16-7-4-12-22-16/h3-7,12-13,21H,8-11H2,1-2H3. The molecule has 0 bridgehead atoms. The zero-order valence-electron chi connectivity index (χ0n) is 13.1. The predicted molar refractivity (Wildman–Crippen MR) is 88.4 cm³/mol. The van der Waals surface area contributed by atoms with E-state index in [0.717, 1.165) is 23.3 Å². The minimum absolute atomic E-state index is 0.196. The van der Waals surface area contributed by atoms with Gasteiger partial charge in [-0.15, -0.1) is 11.3 Å². The van der Waals surface area contributed by atoms with E-state index in [0.29, 0.717) is 12.8 Å². The molecule has 0 radical (unpaired) electrons. The first-order chi connectivity index (χ1) is 10.5. The zero-order valence-corrected chi connectivity index (χ0v) is 13.9. The smallest absolute Gasteiger partial charge is 0.123 e. The highest BCUT2D eigenvalue weighted by atomic mass is 32.1. The molecule has 4 heteroatoms. The maximum atomic E-state index is 13.7. The Labute approximate surface area is 135 Å². The lowest BCUT2D eigenvalue weighted by molar-refractivity contribution is -0.0485. The van der Waals surface area contributed by atoms with E-state index in [1.54, 1.807) is 23.5 Å². The molecule has 1 aliphatic carbocycles. The van der Waals surface area contributed by atoms with Crippen LogP contribution in [-0.4, -0.2) is 24.1 Å². The quantitative estimate of drug-likeness (QED) is 0.920. The Morgan fingerprint density at radius 3 is 2.36 bits per heavy atom. The summed E-state index contributed by atoms with van der Waals surface area (Å²) in [7, 11) is 4.08. The third-order valence-electron chi connectivity index (χ3n) is 5.10. The van der Waals surface area contributed by atoms with Gasteiger partial charge < -0.3 is 5.11 Å². The Kier molecular flexibility index (Phi) is 4.10. The molecule has 1 aromatic carbocycles. The van der Waals surface area contributed by atoms with Gasteiger partial charge in [-0.25, -0.2) is 4.39 Å². The summed E-state index contributed by atoms with van der Waals surface area (Å²) in [5.74, 6) is -0.196. The molecule has 3 rings (SSSR count). The van der Waals surface area contributed by atoms with Crippen LogP contribution < -0.4 is 0 Å². The highest BCUT2D eigenvalue weighted by Crippen LogP contribution is 2.48. The van der Waals surface area contributed by atoms with Gasteiger partial charge in [0.1, 0.15) is 5.82 Å². The molecule has 118 valence electrons. The molecule has 1 N–H and O–H groups in total. The van der Waals surface area contributed by atoms with E-state index in [9.17, 15) is 9.50 Å². The van der Waals surface area contributed by atoms with Crippen LogP contribution in [0.15, 0.2) is 41.8 Å². The molecule has 0 saturated heterocycles. The number of hydrogen-bond donors (Lipinski definition) is 1. The fourth-order valence-electron chi connectivity index (χ4n) is 3.64. The minimum Gasteiger partial charge on any atom is -0.384 e. The maximum absolute atomic E-state index is 13.7. The van der Waals surface area contributed by atoms with Crippen molar-refractivity contribution < 1.29 is 9.50 Å². The molecule has 22 heavy (non-hydrogen) atoms. The van der Waals surface area contributed by atoms with E-state index in [2.05, 4.69) is 4.90 Å². The van der Waals surface area contributed by atoms with Crippen LogP contribution in [0.5, 0.6) is 0 Å². The summed E-state index contributed by atoms with van der Waals surface area (Å²) < 4.78 is 13.7. The van der Waals surface area contributed by atoms with Gasteiger partial charge in [-0.05, 0) is 68.9 Å². The molecule has 1 heterocycles. The average Bonchev–Trinajstić information content (AvgIpc) is 3.03. The molecular weight excluding hydrogens is 297 g/mol. The Bertz CT molecular complexity index is 630. The van der Waals surface area contributed by atoms with Gasteiger partial charge in [-0.1, -0.05) is 18.2 Å². The Morgan fingerprint density at radius 2 is 1.82 bits per heavy atom. The van der Waals surface area contributed by atoms with Crippen LogP contribution in [0.3, 0.4) is 0 Å². The van der Waals surface area contributed by atoms with Crippen LogP contribution in [0.2, 0.25) is 0 Å². The number of nitrogens with zero attached hydrogens (tertiary/aromatic N) is 1. The number of hydrogen-bond acceptors (Lipinski definition) is 3. The van der Waals surface area contributed by atoms with E-state index in [1.165, 1.54) is 6.07 Å². The molecule has 1 aromatic heterocycles. The summed E-state index contributed by atoms with van der Waals surface area (Å²) in [6, 6.07) is 10.9. The van der Waals surface area contributed by atoms with Crippen molar-refractivity contribution in [3.63, 3.8) is 0 Å². The SMILES string of the molecule is CN(C)C1(c2cccc(F)c2)CCC(O)(c2cccs2)CC1. The fourth-order valence-corrected chi connectivity index (χ4v) is 4.52. The number of halogens is 1.